The lowest BCUT2D eigenvalue weighted by molar-refractivity contribution is 0.0479. The van der Waals surface area contributed by atoms with Gasteiger partial charge in [0.2, 0.25) is 5.78 Å². The molecular weight excluding hydrogens is 298 g/mol. The number of ketones is 1. The Morgan fingerprint density at radius 1 is 1.18 bits per heavy atom. The van der Waals surface area contributed by atoms with Crippen molar-refractivity contribution >= 4 is 33.2 Å². The summed E-state index contributed by atoms with van der Waals surface area (Å²) in [4.78, 5) is 27.7. The molecule has 0 radical (unpaired) electrons. The normalized spacial score (nSPS) is 10.8. The van der Waals surface area contributed by atoms with Crippen LogP contribution in [0.1, 0.15) is 31.4 Å². The number of H-pyrrole nitrogens is 1. The molecule has 0 spiro atoms. The third kappa shape index (κ3) is 2.80. The van der Waals surface area contributed by atoms with Gasteiger partial charge >= 0.3 is 5.97 Å². The number of carbonyl (C=O) groups is 2. The molecule has 2 aromatic heterocycles. The summed E-state index contributed by atoms with van der Waals surface area (Å²) in [6.45, 7) is 3.46. The fraction of sp³-hybridized carbons (Fsp3) is 0.176. The average molecular weight is 313 g/mol. The lowest BCUT2D eigenvalue weighted by Gasteiger charge is -2.02. The van der Waals surface area contributed by atoms with E-state index in [0.717, 1.165) is 21.5 Å². The van der Waals surface area contributed by atoms with E-state index in [1.807, 2.05) is 38.1 Å². The maximum atomic E-state index is 12.1. The summed E-state index contributed by atoms with van der Waals surface area (Å²) < 4.78 is 6.17. The number of rotatable bonds is 4. The van der Waals surface area contributed by atoms with E-state index >= 15 is 0 Å². The van der Waals surface area contributed by atoms with Gasteiger partial charge in [0.25, 0.3) is 0 Å². The highest BCUT2D eigenvalue weighted by Gasteiger charge is 2.16. The Hall–Kier alpha value is -2.40. The molecule has 1 N–H and O–H groups in total. The molecule has 5 heteroatoms. The van der Waals surface area contributed by atoms with Crippen molar-refractivity contribution in [2.45, 2.75) is 13.8 Å². The smallest absolute Gasteiger partial charge is 0.348 e. The molecular formula is C17H15NO3S. The highest BCUT2D eigenvalue weighted by Crippen LogP contribution is 2.25. The molecule has 22 heavy (non-hydrogen) atoms. The number of aromatic nitrogens is 1. The standard InChI is InChI=1S/C17H15NO3S/c1-10-7-13(11(2)18-10)14(19)9-21-17(20)16-8-12-5-3-4-6-15(12)22-16/h3-8,18H,9H2,1-2H3. The predicted octanol–water partition coefficient (Wildman–Crippen LogP) is 3.89. The fourth-order valence-electron chi connectivity index (χ4n) is 2.38. The summed E-state index contributed by atoms with van der Waals surface area (Å²) in [6, 6.07) is 11.3. The molecule has 0 aliphatic carbocycles. The lowest BCUT2D eigenvalue weighted by atomic mass is 10.2. The van der Waals surface area contributed by atoms with Crippen molar-refractivity contribution < 1.29 is 14.3 Å². The monoisotopic (exact) mass is 313 g/mol. The number of Topliss-reactive ketones (excluding diaryl/α,β-unsaturated/α-hetero) is 1. The Balaban J connectivity index is 1.69. The molecule has 0 bridgehead atoms. The number of ether oxygens (including phenoxy) is 1. The lowest BCUT2D eigenvalue weighted by Crippen LogP contribution is -2.13. The first-order valence-electron chi connectivity index (χ1n) is 6.89. The van der Waals surface area contributed by atoms with Crippen LogP contribution in [0, 0.1) is 13.8 Å². The third-order valence-electron chi connectivity index (χ3n) is 3.41. The van der Waals surface area contributed by atoms with Crippen molar-refractivity contribution in [1.82, 2.24) is 4.98 Å². The minimum absolute atomic E-state index is 0.198. The van der Waals surface area contributed by atoms with Gasteiger partial charge in [-0.05, 0) is 37.4 Å². The van der Waals surface area contributed by atoms with E-state index in [1.54, 1.807) is 12.1 Å². The summed E-state index contributed by atoms with van der Waals surface area (Å²) in [6.07, 6.45) is 0. The van der Waals surface area contributed by atoms with Crippen LogP contribution in [-0.2, 0) is 4.74 Å². The van der Waals surface area contributed by atoms with Crippen molar-refractivity contribution in [3.05, 3.63) is 58.2 Å². The molecule has 2 heterocycles. The van der Waals surface area contributed by atoms with Crippen LogP contribution in [0.2, 0.25) is 0 Å². The summed E-state index contributed by atoms with van der Waals surface area (Å²) in [5.74, 6) is -0.657. The van der Waals surface area contributed by atoms with Crippen molar-refractivity contribution in [3.63, 3.8) is 0 Å². The largest absolute Gasteiger partial charge is 0.453 e. The summed E-state index contributed by atoms with van der Waals surface area (Å²) in [5.41, 5.74) is 2.28. The van der Waals surface area contributed by atoms with Gasteiger partial charge in [-0.25, -0.2) is 4.79 Å². The van der Waals surface area contributed by atoms with E-state index in [1.165, 1.54) is 11.3 Å². The van der Waals surface area contributed by atoms with Gasteiger partial charge in [0.1, 0.15) is 4.88 Å². The number of carbonyl (C=O) groups excluding carboxylic acids is 2. The molecule has 0 amide bonds. The Bertz CT molecular complexity index is 827. The van der Waals surface area contributed by atoms with Crippen LogP contribution in [0.3, 0.4) is 0 Å². The number of benzene rings is 1. The van der Waals surface area contributed by atoms with Crippen LogP contribution in [0.4, 0.5) is 0 Å². The van der Waals surface area contributed by atoms with E-state index in [0.29, 0.717) is 10.4 Å². The number of nitrogens with one attached hydrogen (secondary N) is 1. The first-order valence-corrected chi connectivity index (χ1v) is 7.71. The van der Waals surface area contributed by atoms with Gasteiger partial charge < -0.3 is 9.72 Å². The number of aryl methyl sites for hydroxylation is 2. The zero-order valence-electron chi connectivity index (χ0n) is 12.3. The minimum Gasteiger partial charge on any atom is -0.453 e. The molecule has 3 aromatic rings. The molecule has 0 unspecified atom stereocenters. The summed E-state index contributed by atoms with van der Waals surface area (Å²) in [7, 11) is 0. The highest BCUT2D eigenvalue weighted by atomic mass is 32.1. The number of hydrogen-bond donors (Lipinski definition) is 1. The number of thiophene rings is 1. The van der Waals surface area contributed by atoms with Crippen LogP contribution in [0.15, 0.2) is 36.4 Å². The molecule has 0 aliphatic heterocycles. The molecule has 0 fully saturated rings. The van der Waals surface area contributed by atoms with Crippen LogP contribution < -0.4 is 0 Å². The molecule has 3 rings (SSSR count). The quantitative estimate of drug-likeness (QED) is 0.587. The van der Waals surface area contributed by atoms with Gasteiger partial charge in [0.15, 0.2) is 6.61 Å². The van der Waals surface area contributed by atoms with Crippen LogP contribution in [0.5, 0.6) is 0 Å². The molecule has 0 saturated heterocycles. The molecule has 0 atom stereocenters. The second-order valence-electron chi connectivity index (χ2n) is 5.14. The predicted molar refractivity (Wildman–Crippen MR) is 86.7 cm³/mol. The van der Waals surface area contributed by atoms with E-state index in [4.69, 9.17) is 4.74 Å². The van der Waals surface area contributed by atoms with Crippen molar-refractivity contribution in [3.8, 4) is 0 Å². The third-order valence-corrected chi connectivity index (χ3v) is 4.51. The zero-order valence-corrected chi connectivity index (χ0v) is 13.1. The van der Waals surface area contributed by atoms with Gasteiger partial charge in [-0.3, -0.25) is 4.79 Å². The van der Waals surface area contributed by atoms with Gasteiger partial charge in [0, 0.05) is 21.7 Å². The Kier molecular flexibility index (Phi) is 3.81. The molecule has 1 aromatic carbocycles. The molecule has 4 nitrogen and oxygen atoms in total. The summed E-state index contributed by atoms with van der Waals surface area (Å²) >= 11 is 1.37. The fourth-order valence-corrected chi connectivity index (χ4v) is 3.33. The Labute approximate surface area is 131 Å². The van der Waals surface area contributed by atoms with Gasteiger partial charge in [0.05, 0.1) is 0 Å². The van der Waals surface area contributed by atoms with E-state index in [2.05, 4.69) is 4.98 Å². The maximum Gasteiger partial charge on any atom is 0.348 e. The SMILES string of the molecule is Cc1cc(C(=O)COC(=O)c2cc3ccccc3s2)c(C)[nH]1. The second-order valence-corrected chi connectivity index (χ2v) is 6.22. The van der Waals surface area contributed by atoms with Crippen LogP contribution >= 0.6 is 11.3 Å². The second kappa shape index (κ2) is 5.77. The average Bonchev–Trinajstić information content (AvgIpc) is 3.07. The van der Waals surface area contributed by atoms with Crippen molar-refractivity contribution in [2.75, 3.05) is 6.61 Å². The van der Waals surface area contributed by atoms with Crippen molar-refractivity contribution in [1.29, 1.82) is 0 Å². The van der Waals surface area contributed by atoms with Crippen LogP contribution in [-0.4, -0.2) is 23.3 Å². The van der Waals surface area contributed by atoms with E-state index in [9.17, 15) is 9.59 Å². The Morgan fingerprint density at radius 2 is 1.95 bits per heavy atom. The minimum atomic E-state index is -0.459. The molecule has 0 saturated carbocycles. The van der Waals surface area contributed by atoms with E-state index < -0.39 is 5.97 Å². The first-order chi connectivity index (χ1) is 10.5. The molecule has 0 aliphatic rings. The van der Waals surface area contributed by atoms with Gasteiger partial charge in [-0.15, -0.1) is 11.3 Å². The first kappa shape index (κ1) is 14.5. The number of fused-ring (bicyclic) bond motifs is 1. The zero-order chi connectivity index (χ0) is 15.7. The Morgan fingerprint density at radius 3 is 2.64 bits per heavy atom. The van der Waals surface area contributed by atoms with Gasteiger partial charge in [-0.1, -0.05) is 18.2 Å². The topological polar surface area (TPSA) is 59.2 Å². The summed E-state index contributed by atoms with van der Waals surface area (Å²) in [5, 5.41) is 1.00. The maximum absolute atomic E-state index is 12.1. The van der Waals surface area contributed by atoms with Gasteiger partial charge in [-0.2, -0.15) is 0 Å². The molecule has 112 valence electrons. The highest BCUT2D eigenvalue weighted by molar-refractivity contribution is 7.20. The number of esters is 1. The van der Waals surface area contributed by atoms with Crippen molar-refractivity contribution in [2.24, 2.45) is 0 Å². The van der Waals surface area contributed by atoms with Crippen LogP contribution in [0.25, 0.3) is 10.1 Å². The van der Waals surface area contributed by atoms with E-state index in [-0.39, 0.29) is 12.4 Å². The number of aromatic amines is 1. The number of hydrogen-bond acceptors (Lipinski definition) is 4.